The SMILES string of the molecule is CCCCCCCCCCCCOC(=O)CNCCN. The van der Waals surface area contributed by atoms with Crippen molar-refractivity contribution in [3.63, 3.8) is 0 Å². The Morgan fingerprint density at radius 1 is 0.950 bits per heavy atom. The first-order valence-corrected chi connectivity index (χ1v) is 8.37. The first-order valence-electron chi connectivity index (χ1n) is 8.37. The topological polar surface area (TPSA) is 64.3 Å². The zero-order valence-corrected chi connectivity index (χ0v) is 13.3. The summed E-state index contributed by atoms with van der Waals surface area (Å²) < 4.78 is 5.12. The third-order valence-electron chi connectivity index (χ3n) is 3.35. The van der Waals surface area contributed by atoms with Gasteiger partial charge in [0.05, 0.1) is 13.2 Å². The van der Waals surface area contributed by atoms with Crippen molar-refractivity contribution in [2.45, 2.75) is 71.1 Å². The molecule has 0 rings (SSSR count). The molecule has 0 aliphatic carbocycles. The van der Waals surface area contributed by atoms with Crippen LogP contribution >= 0.6 is 0 Å². The molecule has 0 aromatic rings. The Morgan fingerprint density at radius 2 is 1.50 bits per heavy atom. The fourth-order valence-electron chi connectivity index (χ4n) is 2.12. The Balaban J connectivity index is 3.07. The maximum atomic E-state index is 11.3. The highest BCUT2D eigenvalue weighted by atomic mass is 16.5. The van der Waals surface area contributed by atoms with E-state index in [4.69, 9.17) is 10.5 Å². The molecule has 0 aromatic carbocycles. The van der Waals surface area contributed by atoms with Crippen LogP contribution in [0, 0.1) is 0 Å². The van der Waals surface area contributed by atoms with E-state index in [2.05, 4.69) is 12.2 Å². The third kappa shape index (κ3) is 15.4. The van der Waals surface area contributed by atoms with Crippen LogP contribution in [0.4, 0.5) is 0 Å². The molecule has 4 heteroatoms. The number of ether oxygens (including phenoxy) is 1. The van der Waals surface area contributed by atoms with Crippen molar-refractivity contribution in [2.75, 3.05) is 26.2 Å². The van der Waals surface area contributed by atoms with Gasteiger partial charge in [-0.15, -0.1) is 0 Å². The van der Waals surface area contributed by atoms with E-state index in [1.54, 1.807) is 0 Å². The lowest BCUT2D eigenvalue weighted by Crippen LogP contribution is -2.29. The minimum atomic E-state index is -0.172. The first kappa shape index (κ1) is 19.4. The number of carbonyl (C=O) groups excluding carboxylic acids is 1. The molecule has 0 radical (unpaired) electrons. The standard InChI is InChI=1S/C16H34N2O2/c1-2-3-4-5-6-7-8-9-10-11-14-20-16(19)15-18-13-12-17/h18H,2-15,17H2,1H3. The van der Waals surface area contributed by atoms with Gasteiger partial charge in [0.25, 0.3) is 0 Å². The molecule has 0 bridgehead atoms. The van der Waals surface area contributed by atoms with Gasteiger partial charge in [-0.3, -0.25) is 4.79 Å². The van der Waals surface area contributed by atoms with Gasteiger partial charge < -0.3 is 15.8 Å². The summed E-state index contributed by atoms with van der Waals surface area (Å²) in [6, 6.07) is 0. The smallest absolute Gasteiger partial charge is 0.319 e. The van der Waals surface area contributed by atoms with Crippen LogP contribution in [0.25, 0.3) is 0 Å². The average Bonchev–Trinajstić information content (AvgIpc) is 2.45. The second kappa shape index (κ2) is 16.4. The van der Waals surface area contributed by atoms with Gasteiger partial charge in [-0.1, -0.05) is 64.7 Å². The maximum absolute atomic E-state index is 11.3. The molecule has 4 nitrogen and oxygen atoms in total. The highest BCUT2D eigenvalue weighted by Gasteiger charge is 2.00. The van der Waals surface area contributed by atoms with Crippen molar-refractivity contribution in [3.05, 3.63) is 0 Å². The third-order valence-corrected chi connectivity index (χ3v) is 3.35. The number of hydrogen-bond donors (Lipinski definition) is 2. The molecule has 0 unspecified atom stereocenters. The van der Waals surface area contributed by atoms with Crippen LogP contribution < -0.4 is 11.1 Å². The van der Waals surface area contributed by atoms with E-state index < -0.39 is 0 Å². The van der Waals surface area contributed by atoms with Crippen LogP contribution in [-0.2, 0) is 9.53 Å². The number of nitrogens with one attached hydrogen (secondary N) is 1. The second-order valence-electron chi connectivity index (χ2n) is 5.37. The quantitative estimate of drug-likeness (QED) is 0.359. The Kier molecular flexibility index (Phi) is 15.9. The van der Waals surface area contributed by atoms with Gasteiger partial charge in [0, 0.05) is 13.1 Å². The highest BCUT2D eigenvalue weighted by molar-refractivity contribution is 5.71. The van der Waals surface area contributed by atoms with Gasteiger partial charge in [0.15, 0.2) is 0 Å². The Bertz CT molecular complexity index is 211. The molecule has 0 aliphatic rings. The van der Waals surface area contributed by atoms with E-state index in [0.717, 1.165) is 6.42 Å². The van der Waals surface area contributed by atoms with E-state index >= 15 is 0 Å². The molecule has 0 saturated heterocycles. The lowest BCUT2D eigenvalue weighted by atomic mass is 10.1. The summed E-state index contributed by atoms with van der Waals surface area (Å²) in [4.78, 5) is 11.3. The molecule has 0 amide bonds. The second-order valence-corrected chi connectivity index (χ2v) is 5.37. The van der Waals surface area contributed by atoms with Crippen molar-refractivity contribution < 1.29 is 9.53 Å². The van der Waals surface area contributed by atoms with E-state index in [-0.39, 0.29) is 12.5 Å². The van der Waals surface area contributed by atoms with E-state index in [0.29, 0.717) is 19.7 Å². The number of esters is 1. The van der Waals surface area contributed by atoms with Crippen LogP contribution in [0.2, 0.25) is 0 Å². The molecule has 0 atom stereocenters. The average molecular weight is 286 g/mol. The van der Waals surface area contributed by atoms with Crippen LogP contribution in [-0.4, -0.2) is 32.2 Å². The minimum Gasteiger partial charge on any atom is -0.465 e. The van der Waals surface area contributed by atoms with Crippen molar-refractivity contribution in [2.24, 2.45) is 5.73 Å². The van der Waals surface area contributed by atoms with Crippen molar-refractivity contribution in [3.8, 4) is 0 Å². The summed E-state index contributed by atoms with van der Waals surface area (Å²) >= 11 is 0. The number of nitrogens with two attached hydrogens (primary N) is 1. The number of carbonyl (C=O) groups is 1. The molecule has 3 N–H and O–H groups in total. The molecule has 0 aromatic heterocycles. The zero-order chi connectivity index (χ0) is 14.9. The Morgan fingerprint density at radius 3 is 2.05 bits per heavy atom. The monoisotopic (exact) mass is 286 g/mol. The fourth-order valence-corrected chi connectivity index (χ4v) is 2.12. The molecule has 0 fully saturated rings. The predicted molar refractivity (Wildman–Crippen MR) is 84.7 cm³/mol. The van der Waals surface area contributed by atoms with Gasteiger partial charge in [-0.25, -0.2) is 0 Å². The number of rotatable bonds is 15. The lowest BCUT2D eigenvalue weighted by Gasteiger charge is -2.05. The molecule has 0 aliphatic heterocycles. The first-order chi connectivity index (χ1) is 9.81. The van der Waals surface area contributed by atoms with Gasteiger partial charge in [0.1, 0.15) is 0 Å². The molecule has 0 spiro atoms. The number of unbranched alkanes of at least 4 members (excludes halogenated alkanes) is 9. The van der Waals surface area contributed by atoms with Crippen LogP contribution in [0.15, 0.2) is 0 Å². The Labute approximate surface area is 124 Å². The van der Waals surface area contributed by atoms with Crippen LogP contribution in [0.3, 0.4) is 0 Å². The summed E-state index contributed by atoms with van der Waals surface area (Å²) in [5.74, 6) is -0.172. The van der Waals surface area contributed by atoms with Crippen molar-refractivity contribution in [1.29, 1.82) is 0 Å². The summed E-state index contributed by atoms with van der Waals surface area (Å²) in [6.07, 6.45) is 12.9. The molecular formula is C16H34N2O2. The van der Waals surface area contributed by atoms with Crippen LogP contribution in [0.5, 0.6) is 0 Å². The number of hydrogen-bond acceptors (Lipinski definition) is 4. The van der Waals surface area contributed by atoms with Crippen LogP contribution in [0.1, 0.15) is 71.1 Å². The Hall–Kier alpha value is -0.610. The maximum Gasteiger partial charge on any atom is 0.319 e. The highest BCUT2D eigenvalue weighted by Crippen LogP contribution is 2.10. The predicted octanol–water partition coefficient (Wildman–Crippen LogP) is 3.00. The van der Waals surface area contributed by atoms with E-state index in [9.17, 15) is 4.79 Å². The largest absolute Gasteiger partial charge is 0.465 e. The van der Waals surface area contributed by atoms with Crippen molar-refractivity contribution in [1.82, 2.24) is 5.32 Å². The lowest BCUT2D eigenvalue weighted by molar-refractivity contribution is -0.142. The molecule has 20 heavy (non-hydrogen) atoms. The van der Waals surface area contributed by atoms with Gasteiger partial charge in [-0.05, 0) is 6.42 Å². The van der Waals surface area contributed by atoms with Gasteiger partial charge in [-0.2, -0.15) is 0 Å². The fraction of sp³-hybridized carbons (Fsp3) is 0.938. The normalized spacial score (nSPS) is 10.7. The molecule has 120 valence electrons. The van der Waals surface area contributed by atoms with E-state index in [1.807, 2.05) is 0 Å². The molecule has 0 heterocycles. The summed E-state index contributed by atoms with van der Waals surface area (Å²) in [7, 11) is 0. The minimum absolute atomic E-state index is 0.172. The summed E-state index contributed by atoms with van der Waals surface area (Å²) in [5, 5.41) is 2.92. The zero-order valence-electron chi connectivity index (χ0n) is 13.3. The van der Waals surface area contributed by atoms with E-state index in [1.165, 1.54) is 57.8 Å². The summed E-state index contributed by atoms with van der Waals surface area (Å²) in [5.41, 5.74) is 5.31. The van der Waals surface area contributed by atoms with Gasteiger partial charge in [0.2, 0.25) is 0 Å². The molecular weight excluding hydrogens is 252 g/mol. The van der Waals surface area contributed by atoms with Gasteiger partial charge >= 0.3 is 5.97 Å². The van der Waals surface area contributed by atoms with Crippen molar-refractivity contribution >= 4 is 5.97 Å². The molecule has 0 saturated carbocycles. The summed E-state index contributed by atoms with van der Waals surface area (Å²) in [6.45, 7) is 4.29.